The maximum Gasteiger partial charge on any atom is 0.271 e. The van der Waals surface area contributed by atoms with Crippen molar-refractivity contribution >= 4 is 23.2 Å². The van der Waals surface area contributed by atoms with Gasteiger partial charge in [0.15, 0.2) is 0 Å². The Morgan fingerprint density at radius 1 is 1.03 bits per heavy atom. The van der Waals surface area contributed by atoms with E-state index in [1.54, 1.807) is 0 Å². The fourth-order valence-electron chi connectivity index (χ4n) is 3.75. The molecule has 0 fully saturated rings. The van der Waals surface area contributed by atoms with E-state index < -0.39 is 0 Å². The van der Waals surface area contributed by atoms with Gasteiger partial charge in [-0.1, -0.05) is 56.3 Å². The van der Waals surface area contributed by atoms with Crippen molar-refractivity contribution in [3.8, 4) is 0 Å². The summed E-state index contributed by atoms with van der Waals surface area (Å²) in [6.07, 6.45) is 4.39. The van der Waals surface area contributed by atoms with Crippen molar-refractivity contribution in [2.24, 2.45) is 5.10 Å². The smallest absolute Gasteiger partial charge is 0.271 e. The number of carbonyl (C=O) groups is 2. The molecule has 3 aromatic rings. The third-order valence-electron chi connectivity index (χ3n) is 5.34. The lowest BCUT2D eigenvalue weighted by atomic mass is 10.1. The molecule has 7 nitrogen and oxygen atoms in total. The zero-order valence-corrected chi connectivity index (χ0v) is 18.4. The fourth-order valence-corrected chi connectivity index (χ4v) is 3.75. The summed E-state index contributed by atoms with van der Waals surface area (Å²) in [6, 6.07) is 17.4. The van der Waals surface area contributed by atoms with E-state index in [1.807, 2.05) is 67.0 Å². The molecule has 2 aromatic carbocycles. The molecule has 0 atom stereocenters. The van der Waals surface area contributed by atoms with Gasteiger partial charge in [0.1, 0.15) is 11.5 Å². The van der Waals surface area contributed by atoms with Gasteiger partial charge in [0, 0.05) is 43.4 Å². The lowest BCUT2D eigenvalue weighted by molar-refractivity contribution is -0.132. The van der Waals surface area contributed by atoms with Gasteiger partial charge in [-0.05, 0) is 23.3 Å². The lowest BCUT2D eigenvalue weighted by Crippen LogP contribution is -2.36. The monoisotopic (exact) mass is 429 g/mol. The highest BCUT2D eigenvalue weighted by molar-refractivity contribution is 6.43. The summed E-state index contributed by atoms with van der Waals surface area (Å²) >= 11 is 0. The highest BCUT2D eigenvalue weighted by atomic mass is 16.2. The van der Waals surface area contributed by atoms with Crippen LogP contribution in [0.5, 0.6) is 0 Å². The van der Waals surface area contributed by atoms with E-state index in [2.05, 4.69) is 33.8 Å². The molecule has 1 N–H and O–H groups in total. The Hall–Kier alpha value is -3.74. The van der Waals surface area contributed by atoms with Crippen molar-refractivity contribution in [2.45, 2.75) is 45.7 Å². The van der Waals surface area contributed by atoms with Crippen LogP contribution >= 0.6 is 0 Å². The predicted molar refractivity (Wildman–Crippen MR) is 124 cm³/mol. The number of hydrazone groups is 1. The molecule has 2 heterocycles. The summed E-state index contributed by atoms with van der Waals surface area (Å²) < 4.78 is 2.11. The molecule has 1 aliphatic heterocycles. The van der Waals surface area contributed by atoms with E-state index in [9.17, 15) is 9.59 Å². The second-order valence-electron chi connectivity index (χ2n) is 8.21. The molecule has 0 saturated carbocycles. The minimum absolute atomic E-state index is 0.0753. The molecule has 4 rings (SSSR count). The number of rotatable bonds is 7. The van der Waals surface area contributed by atoms with Crippen molar-refractivity contribution in [3.05, 3.63) is 83.9 Å². The minimum Gasteiger partial charge on any atom is -0.330 e. The first-order chi connectivity index (χ1) is 15.5. The van der Waals surface area contributed by atoms with Crippen LogP contribution in [0.4, 0.5) is 5.69 Å². The number of hydrogen-bond acceptors (Lipinski definition) is 4. The molecule has 0 spiro atoms. The summed E-state index contributed by atoms with van der Waals surface area (Å²) in [7, 11) is 0. The molecule has 0 radical (unpaired) electrons. The van der Waals surface area contributed by atoms with Gasteiger partial charge in [-0.3, -0.25) is 9.59 Å². The van der Waals surface area contributed by atoms with Gasteiger partial charge in [0.25, 0.3) is 5.91 Å². The number of amides is 2. The summed E-state index contributed by atoms with van der Waals surface area (Å²) in [4.78, 5) is 29.6. The number of aromatic nitrogens is 2. The van der Waals surface area contributed by atoms with Crippen LogP contribution in [0.1, 0.15) is 49.6 Å². The summed E-state index contributed by atoms with van der Waals surface area (Å²) in [5.41, 5.74) is 3.10. The first-order valence-corrected chi connectivity index (χ1v) is 10.8. The zero-order valence-electron chi connectivity index (χ0n) is 18.4. The Morgan fingerprint density at radius 3 is 2.59 bits per heavy atom. The van der Waals surface area contributed by atoms with E-state index in [0.717, 1.165) is 17.0 Å². The number of nitrogens with one attached hydrogen (secondary N) is 1. The van der Waals surface area contributed by atoms with Crippen molar-refractivity contribution in [1.29, 1.82) is 0 Å². The van der Waals surface area contributed by atoms with Crippen LogP contribution in [0.3, 0.4) is 0 Å². The summed E-state index contributed by atoms with van der Waals surface area (Å²) in [5, 5.41) is 8.67. The van der Waals surface area contributed by atoms with Gasteiger partial charge in [-0.2, -0.15) is 5.10 Å². The molecule has 2 amide bonds. The van der Waals surface area contributed by atoms with Crippen LogP contribution in [-0.2, 0) is 22.7 Å². The topological polar surface area (TPSA) is 79.6 Å². The Morgan fingerprint density at radius 2 is 1.81 bits per heavy atom. The van der Waals surface area contributed by atoms with E-state index in [0.29, 0.717) is 36.8 Å². The highest BCUT2D eigenvalue weighted by Gasteiger charge is 2.24. The number of hydrogen-bond donors (Lipinski definition) is 1. The molecule has 1 aliphatic rings. The van der Waals surface area contributed by atoms with Gasteiger partial charge in [-0.15, -0.1) is 0 Å². The maximum atomic E-state index is 12.8. The third-order valence-corrected chi connectivity index (χ3v) is 5.34. The van der Waals surface area contributed by atoms with E-state index in [4.69, 9.17) is 0 Å². The molecule has 1 aromatic heterocycles. The molecular formula is C25H27N5O2. The normalized spacial score (nSPS) is 13.9. The predicted octanol–water partition coefficient (Wildman–Crippen LogP) is 4.17. The number of nitrogens with zero attached hydrogens (tertiary/aromatic N) is 4. The lowest BCUT2D eigenvalue weighted by Gasteiger charge is -2.23. The van der Waals surface area contributed by atoms with Gasteiger partial charge in [0.05, 0.1) is 6.54 Å². The molecule has 7 heteroatoms. The maximum absolute atomic E-state index is 12.8. The fraction of sp³-hybridized carbons (Fsp3) is 0.280. The standard InChI is InChI=1S/C25H27N5O2/c1-18(2)24-26-13-14-29(24)16-20-9-6-10-21(15-20)27-25(32)22-11-12-23(31)30(28-22)17-19-7-4-3-5-8-19/h3-10,13-15,18H,11-12,16-17H2,1-2H3,(H,27,32). The van der Waals surface area contributed by atoms with Gasteiger partial charge < -0.3 is 9.88 Å². The molecule has 0 aliphatic carbocycles. The van der Waals surface area contributed by atoms with Gasteiger partial charge in [-0.25, -0.2) is 9.99 Å². The Bertz CT molecular complexity index is 1130. The average molecular weight is 430 g/mol. The van der Waals surface area contributed by atoms with E-state index in [1.165, 1.54) is 5.01 Å². The van der Waals surface area contributed by atoms with Crippen LogP contribution in [0.25, 0.3) is 0 Å². The largest absolute Gasteiger partial charge is 0.330 e. The van der Waals surface area contributed by atoms with Gasteiger partial charge in [0.2, 0.25) is 5.91 Å². The number of benzene rings is 2. The van der Waals surface area contributed by atoms with Crippen molar-refractivity contribution in [1.82, 2.24) is 14.6 Å². The Labute approximate surface area is 187 Å². The van der Waals surface area contributed by atoms with E-state index in [-0.39, 0.29) is 18.2 Å². The second-order valence-corrected chi connectivity index (χ2v) is 8.21. The molecule has 0 bridgehead atoms. The number of anilines is 1. The molecule has 0 saturated heterocycles. The Balaban J connectivity index is 1.45. The Kier molecular flexibility index (Phi) is 6.44. The highest BCUT2D eigenvalue weighted by Crippen LogP contribution is 2.18. The van der Waals surface area contributed by atoms with Crippen LogP contribution in [-0.4, -0.2) is 32.1 Å². The second kappa shape index (κ2) is 9.60. The molecule has 32 heavy (non-hydrogen) atoms. The van der Waals surface area contributed by atoms with E-state index >= 15 is 0 Å². The van der Waals surface area contributed by atoms with Crippen molar-refractivity contribution in [2.75, 3.05) is 5.32 Å². The zero-order chi connectivity index (χ0) is 22.5. The van der Waals surface area contributed by atoms with Crippen LogP contribution < -0.4 is 5.32 Å². The SMILES string of the molecule is CC(C)c1nccn1Cc1cccc(NC(=O)C2=NN(Cc3ccccc3)C(=O)CC2)c1. The third kappa shape index (κ3) is 5.11. The number of carbonyl (C=O) groups excluding carboxylic acids is 2. The first kappa shape index (κ1) is 21.5. The van der Waals surface area contributed by atoms with Crippen LogP contribution in [0, 0.1) is 0 Å². The minimum atomic E-state index is -0.279. The molecule has 0 unspecified atom stereocenters. The summed E-state index contributed by atoms with van der Waals surface area (Å²) in [5.74, 6) is 1.00. The van der Waals surface area contributed by atoms with Crippen molar-refractivity contribution in [3.63, 3.8) is 0 Å². The quantitative estimate of drug-likeness (QED) is 0.612. The van der Waals surface area contributed by atoms with Crippen LogP contribution in [0.15, 0.2) is 72.1 Å². The van der Waals surface area contributed by atoms with Crippen molar-refractivity contribution < 1.29 is 9.59 Å². The van der Waals surface area contributed by atoms with Gasteiger partial charge >= 0.3 is 0 Å². The average Bonchev–Trinajstić information content (AvgIpc) is 3.24. The molecular weight excluding hydrogens is 402 g/mol. The molecule has 164 valence electrons. The van der Waals surface area contributed by atoms with Crippen LogP contribution in [0.2, 0.25) is 0 Å². The summed E-state index contributed by atoms with van der Waals surface area (Å²) in [6.45, 7) is 5.27. The first-order valence-electron chi connectivity index (χ1n) is 10.8. The number of imidazole rings is 1.